The van der Waals surface area contributed by atoms with Crippen molar-refractivity contribution in [3.05, 3.63) is 19.1 Å². The van der Waals surface area contributed by atoms with Crippen LogP contribution < -0.4 is 0 Å². The van der Waals surface area contributed by atoms with Crippen molar-refractivity contribution in [2.45, 2.75) is 13.3 Å². The standard InChI is InChI=1S/C7H13S/c1-4-8-6-5-7(2)3/h1-2,4-6H2,3H3. The van der Waals surface area contributed by atoms with E-state index >= 15 is 0 Å². The van der Waals surface area contributed by atoms with Crippen molar-refractivity contribution in [1.29, 1.82) is 0 Å². The molecule has 0 spiro atoms. The third kappa shape index (κ3) is 6.09. The molecule has 0 heterocycles. The fourth-order valence-corrected chi connectivity index (χ4v) is 1.05. The van der Waals surface area contributed by atoms with E-state index in [1.807, 2.05) is 11.8 Å². The molecular formula is C7H13S. The van der Waals surface area contributed by atoms with Crippen LogP contribution in [0.15, 0.2) is 12.2 Å². The Kier molecular flexibility index (Phi) is 5.29. The van der Waals surface area contributed by atoms with Gasteiger partial charge in [-0.3, -0.25) is 0 Å². The van der Waals surface area contributed by atoms with Crippen LogP contribution in [0.4, 0.5) is 0 Å². The predicted octanol–water partition coefficient (Wildman–Crippen LogP) is 2.52. The molecule has 0 fully saturated rings. The lowest BCUT2D eigenvalue weighted by Gasteiger charge is -1.94. The maximum absolute atomic E-state index is 3.79. The Hall–Kier alpha value is 0.0900. The summed E-state index contributed by atoms with van der Waals surface area (Å²) in [7, 11) is 0. The quantitative estimate of drug-likeness (QED) is 0.415. The van der Waals surface area contributed by atoms with Gasteiger partial charge in [-0.15, -0.1) is 6.58 Å². The highest BCUT2D eigenvalue weighted by Crippen LogP contribution is 2.04. The van der Waals surface area contributed by atoms with E-state index in [0.717, 1.165) is 12.2 Å². The number of hydrogen-bond acceptors (Lipinski definition) is 1. The number of thioether (sulfide) groups is 1. The van der Waals surface area contributed by atoms with Crippen LogP contribution in [0.5, 0.6) is 0 Å². The van der Waals surface area contributed by atoms with E-state index in [9.17, 15) is 0 Å². The Morgan fingerprint density at radius 2 is 2.25 bits per heavy atom. The highest BCUT2D eigenvalue weighted by molar-refractivity contribution is 7.99. The van der Waals surface area contributed by atoms with Crippen molar-refractivity contribution in [3.63, 3.8) is 0 Å². The summed E-state index contributed by atoms with van der Waals surface area (Å²) in [6.07, 6.45) is 1.14. The summed E-state index contributed by atoms with van der Waals surface area (Å²) in [5.74, 6) is 2.16. The average Bonchev–Trinajstić information content (AvgIpc) is 1.66. The van der Waals surface area contributed by atoms with E-state index in [4.69, 9.17) is 0 Å². The van der Waals surface area contributed by atoms with Crippen molar-refractivity contribution in [2.75, 3.05) is 11.5 Å². The van der Waals surface area contributed by atoms with Gasteiger partial charge in [-0.2, -0.15) is 11.8 Å². The molecule has 0 aromatic carbocycles. The van der Waals surface area contributed by atoms with Crippen molar-refractivity contribution in [3.8, 4) is 0 Å². The molecule has 0 unspecified atom stereocenters. The summed E-state index contributed by atoms with van der Waals surface area (Å²) < 4.78 is 0. The highest BCUT2D eigenvalue weighted by Gasteiger charge is 1.84. The number of rotatable bonds is 4. The van der Waals surface area contributed by atoms with Crippen LogP contribution in [0, 0.1) is 6.92 Å². The molecule has 0 aromatic rings. The zero-order valence-electron chi connectivity index (χ0n) is 5.44. The number of allylic oxidation sites excluding steroid dienone is 1. The van der Waals surface area contributed by atoms with Gasteiger partial charge in [0.05, 0.1) is 0 Å². The maximum Gasteiger partial charge on any atom is -0.00304 e. The Labute approximate surface area is 56.4 Å². The third-order valence-corrected chi connectivity index (χ3v) is 1.60. The second-order valence-electron chi connectivity index (χ2n) is 1.82. The molecule has 0 nitrogen and oxygen atoms in total. The van der Waals surface area contributed by atoms with E-state index in [1.165, 1.54) is 11.3 Å². The molecule has 0 aliphatic rings. The Morgan fingerprint density at radius 3 is 2.62 bits per heavy atom. The molecule has 0 saturated heterocycles. The van der Waals surface area contributed by atoms with E-state index in [-0.39, 0.29) is 0 Å². The van der Waals surface area contributed by atoms with Gasteiger partial charge in [-0.05, 0) is 31.8 Å². The zero-order valence-corrected chi connectivity index (χ0v) is 6.26. The Bertz CT molecular complexity index is 66.8. The molecular weight excluding hydrogens is 116 g/mol. The molecule has 0 N–H and O–H groups in total. The molecule has 0 atom stereocenters. The summed E-state index contributed by atoms with van der Waals surface area (Å²) in [5.41, 5.74) is 1.27. The minimum atomic E-state index is 0.979. The molecule has 1 heteroatoms. The Balaban J connectivity index is 2.82. The largest absolute Gasteiger partial charge is 0.162 e. The molecule has 0 aliphatic heterocycles. The molecule has 8 heavy (non-hydrogen) atoms. The molecule has 0 bridgehead atoms. The van der Waals surface area contributed by atoms with Crippen molar-refractivity contribution < 1.29 is 0 Å². The lowest BCUT2D eigenvalue weighted by Crippen LogP contribution is -1.79. The summed E-state index contributed by atoms with van der Waals surface area (Å²) in [6.45, 7) is 9.57. The fraction of sp³-hybridized carbons (Fsp3) is 0.571. The first-order valence-electron chi connectivity index (χ1n) is 2.78. The van der Waals surface area contributed by atoms with Crippen molar-refractivity contribution in [2.24, 2.45) is 0 Å². The summed E-state index contributed by atoms with van der Waals surface area (Å²) in [5, 5.41) is 0. The van der Waals surface area contributed by atoms with Crippen LogP contribution in [0.2, 0.25) is 0 Å². The summed E-state index contributed by atoms with van der Waals surface area (Å²) in [4.78, 5) is 0. The molecule has 1 radical (unpaired) electrons. The van der Waals surface area contributed by atoms with Crippen molar-refractivity contribution >= 4 is 11.8 Å². The molecule has 47 valence electrons. The first kappa shape index (κ1) is 8.09. The van der Waals surface area contributed by atoms with Crippen LogP contribution in [0.1, 0.15) is 13.3 Å². The molecule has 0 saturated carbocycles. The van der Waals surface area contributed by atoms with Gasteiger partial charge in [-0.25, -0.2) is 0 Å². The van der Waals surface area contributed by atoms with E-state index < -0.39 is 0 Å². The van der Waals surface area contributed by atoms with Gasteiger partial charge in [0, 0.05) is 0 Å². The summed E-state index contributed by atoms with van der Waals surface area (Å²) in [6, 6.07) is 0. The third-order valence-electron chi connectivity index (χ3n) is 0.818. The Morgan fingerprint density at radius 1 is 1.62 bits per heavy atom. The fourth-order valence-electron chi connectivity index (χ4n) is 0.348. The lowest BCUT2D eigenvalue weighted by molar-refractivity contribution is 1.13. The van der Waals surface area contributed by atoms with Crippen molar-refractivity contribution in [1.82, 2.24) is 0 Å². The first-order chi connectivity index (χ1) is 3.77. The van der Waals surface area contributed by atoms with Gasteiger partial charge in [0.1, 0.15) is 0 Å². The SMILES string of the molecule is [CH2]CSCCC(=C)C. The molecule has 0 amide bonds. The lowest BCUT2D eigenvalue weighted by atomic mass is 10.3. The van der Waals surface area contributed by atoms with Crippen LogP contribution in [0.25, 0.3) is 0 Å². The van der Waals surface area contributed by atoms with E-state index in [0.29, 0.717) is 0 Å². The number of hydrogen-bond donors (Lipinski definition) is 0. The van der Waals surface area contributed by atoms with Gasteiger partial charge in [-0.1, -0.05) is 5.57 Å². The summed E-state index contributed by atoms with van der Waals surface area (Å²) >= 11 is 1.86. The van der Waals surface area contributed by atoms with Crippen LogP contribution >= 0.6 is 11.8 Å². The monoisotopic (exact) mass is 129 g/mol. The molecule has 0 rings (SSSR count). The van der Waals surface area contributed by atoms with Gasteiger partial charge in [0.15, 0.2) is 0 Å². The maximum atomic E-state index is 3.79. The van der Waals surface area contributed by atoms with Gasteiger partial charge >= 0.3 is 0 Å². The normalized spacial score (nSPS) is 9.25. The second kappa shape index (κ2) is 5.23. The van der Waals surface area contributed by atoms with Gasteiger partial charge in [0.2, 0.25) is 0 Å². The second-order valence-corrected chi connectivity index (χ2v) is 3.04. The average molecular weight is 129 g/mol. The smallest absolute Gasteiger partial charge is 0.00304 e. The molecule has 0 aliphatic carbocycles. The minimum absolute atomic E-state index is 0.979. The topological polar surface area (TPSA) is 0 Å². The van der Waals surface area contributed by atoms with E-state index in [1.54, 1.807) is 0 Å². The van der Waals surface area contributed by atoms with Gasteiger partial charge < -0.3 is 0 Å². The highest BCUT2D eigenvalue weighted by atomic mass is 32.2. The van der Waals surface area contributed by atoms with Gasteiger partial charge in [0.25, 0.3) is 0 Å². The van der Waals surface area contributed by atoms with Crippen LogP contribution in [-0.2, 0) is 0 Å². The molecule has 0 aromatic heterocycles. The zero-order chi connectivity index (χ0) is 6.41. The first-order valence-corrected chi connectivity index (χ1v) is 3.94. The minimum Gasteiger partial charge on any atom is -0.162 e. The van der Waals surface area contributed by atoms with Crippen LogP contribution in [0.3, 0.4) is 0 Å². The van der Waals surface area contributed by atoms with E-state index in [2.05, 4.69) is 20.4 Å². The van der Waals surface area contributed by atoms with Crippen LogP contribution in [-0.4, -0.2) is 11.5 Å². The predicted molar refractivity (Wildman–Crippen MR) is 42.1 cm³/mol.